The Bertz CT molecular complexity index is 922. The quantitative estimate of drug-likeness (QED) is 0.799. The summed E-state index contributed by atoms with van der Waals surface area (Å²) in [6.45, 7) is 1.86. The Hall–Kier alpha value is -2.46. The van der Waals surface area contributed by atoms with Crippen LogP contribution in [0.4, 0.5) is 5.95 Å². The molecule has 3 atom stereocenters. The molecule has 2 fully saturated rings. The molecule has 4 heteroatoms. The van der Waals surface area contributed by atoms with E-state index < -0.39 is 0 Å². The van der Waals surface area contributed by atoms with Crippen LogP contribution in [0.3, 0.4) is 0 Å². The normalized spacial score (nSPS) is 25.0. The summed E-state index contributed by atoms with van der Waals surface area (Å²) in [5.41, 5.74) is 8.04. The van der Waals surface area contributed by atoms with Gasteiger partial charge in [0.1, 0.15) is 0 Å². The third-order valence-corrected chi connectivity index (χ3v) is 5.94. The van der Waals surface area contributed by atoms with Crippen LogP contribution in [0.15, 0.2) is 54.7 Å². The van der Waals surface area contributed by atoms with Gasteiger partial charge in [-0.05, 0) is 54.1 Å². The summed E-state index contributed by atoms with van der Waals surface area (Å²) >= 11 is 0. The van der Waals surface area contributed by atoms with Gasteiger partial charge in [0.05, 0.1) is 5.69 Å². The molecule has 2 bridgehead atoms. The number of hydrogen-bond donors (Lipinski definition) is 1. The van der Waals surface area contributed by atoms with Crippen molar-refractivity contribution in [1.29, 1.82) is 0 Å². The zero-order valence-corrected chi connectivity index (χ0v) is 14.2. The zero-order valence-electron chi connectivity index (χ0n) is 14.2. The van der Waals surface area contributed by atoms with Gasteiger partial charge < -0.3 is 10.6 Å². The van der Waals surface area contributed by atoms with Crippen molar-refractivity contribution in [2.75, 3.05) is 18.0 Å². The summed E-state index contributed by atoms with van der Waals surface area (Å²) in [5, 5.41) is 2.50. The number of hydrogen-bond acceptors (Lipinski definition) is 4. The maximum Gasteiger partial charge on any atom is 0.226 e. The predicted octanol–water partition coefficient (Wildman–Crippen LogP) is 3.47. The molecule has 25 heavy (non-hydrogen) atoms. The standard InChI is InChI=1S/C21H22N4/c22-12-17-10-19-11-18(17)13-25(19)21-23-8-7-20(24-21)16-6-5-14-3-1-2-4-15(14)9-16/h1-9,17-19H,10-13,22H2/t17-,18+,19+/m1/s1. The number of piperidine rings is 1. The average molecular weight is 330 g/mol. The van der Waals surface area contributed by atoms with Crippen LogP contribution in [0.1, 0.15) is 12.8 Å². The molecule has 1 aromatic heterocycles. The molecule has 1 saturated carbocycles. The average Bonchev–Trinajstić information content (AvgIpc) is 3.28. The van der Waals surface area contributed by atoms with Crippen molar-refractivity contribution >= 4 is 16.7 Å². The van der Waals surface area contributed by atoms with Gasteiger partial charge in [0.2, 0.25) is 5.95 Å². The van der Waals surface area contributed by atoms with Gasteiger partial charge in [-0.2, -0.15) is 0 Å². The summed E-state index contributed by atoms with van der Waals surface area (Å²) in [6.07, 6.45) is 4.31. The van der Waals surface area contributed by atoms with E-state index >= 15 is 0 Å². The maximum atomic E-state index is 5.90. The lowest BCUT2D eigenvalue weighted by Crippen LogP contribution is -2.38. The maximum absolute atomic E-state index is 5.90. The Kier molecular flexibility index (Phi) is 3.45. The second-order valence-corrected chi connectivity index (χ2v) is 7.34. The lowest BCUT2D eigenvalue weighted by atomic mass is 9.95. The van der Waals surface area contributed by atoms with Crippen molar-refractivity contribution in [2.45, 2.75) is 18.9 Å². The summed E-state index contributed by atoms with van der Waals surface area (Å²) in [7, 11) is 0. The van der Waals surface area contributed by atoms with Crippen LogP contribution in [0, 0.1) is 11.8 Å². The van der Waals surface area contributed by atoms with Crippen molar-refractivity contribution < 1.29 is 0 Å². The number of benzene rings is 2. The predicted molar refractivity (Wildman–Crippen MR) is 101 cm³/mol. The van der Waals surface area contributed by atoms with Gasteiger partial charge in [0, 0.05) is 24.3 Å². The van der Waals surface area contributed by atoms with Gasteiger partial charge in [-0.1, -0.05) is 36.4 Å². The second kappa shape index (κ2) is 5.81. The smallest absolute Gasteiger partial charge is 0.226 e. The Balaban J connectivity index is 1.47. The molecule has 2 aliphatic rings. The second-order valence-electron chi connectivity index (χ2n) is 7.34. The molecule has 3 aromatic rings. The largest absolute Gasteiger partial charge is 0.338 e. The Morgan fingerprint density at radius 2 is 1.92 bits per heavy atom. The summed E-state index contributed by atoms with van der Waals surface area (Å²) in [5.74, 6) is 2.27. The molecule has 1 aliphatic heterocycles. The first kappa shape index (κ1) is 14.8. The lowest BCUT2D eigenvalue weighted by Gasteiger charge is -2.31. The molecule has 0 spiro atoms. The van der Waals surface area contributed by atoms with Gasteiger partial charge in [-0.15, -0.1) is 0 Å². The van der Waals surface area contributed by atoms with Crippen LogP contribution in [-0.4, -0.2) is 29.1 Å². The Morgan fingerprint density at radius 1 is 1.04 bits per heavy atom. The van der Waals surface area contributed by atoms with Crippen LogP contribution >= 0.6 is 0 Å². The molecule has 0 unspecified atom stereocenters. The molecular weight excluding hydrogens is 308 g/mol. The van der Waals surface area contributed by atoms with Crippen molar-refractivity contribution in [3.05, 3.63) is 54.7 Å². The van der Waals surface area contributed by atoms with Crippen LogP contribution in [0.2, 0.25) is 0 Å². The van der Waals surface area contributed by atoms with E-state index in [4.69, 9.17) is 10.7 Å². The number of rotatable bonds is 3. The van der Waals surface area contributed by atoms with Crippen LogP contribution in [-0.2, 0) is 0 Å². The molecule has 1 aliphatic carbocycles. The molecule has 0 radical (unpaired) electrons. The molecular formula is C21H22N4. The highest BCUT2D eigenvalue weighted by Crippen LogP contribution is 2.42. The fourth-order valence-corrected chi connectivity index (χ4v) is 4.59. The van der Waals surface area contributed by atoms with Gasteiger partial charge in [-0.25, -0.2) is 9.97 Å². The van der Waals surface area contributed by atoms with Gasteiger partial charge in [-0.3, -0.25) is 0 Å². The topological polar surface area (TPSA) is 55.0 Å². The molecule has 126 valence electrons. The monoisotopic (exact) mass is 330 g/mol. The zero-order chi connectivity index (χ0) is 16.8. The van der Waals surface area contributed by atoms with Gasteiger partial charge >= 0.3 is 0 Å². The molecule has 2 N–H and O–H groups in total. The minimum absolute atomic E-state index is 0.561. The Labute approximate surface area is 147 Å². The van der Waals surface area contributed by atoms with E-state index in [2.05, 4.69) is 52.3 Å². The molecule has 2 heterocycles. The van der Waals surface area contributed by atoms with E-state index in [1.165, 1.54) is 23.6 Å². The van der Waals surface area contributed by atoms with Crippen molar-refractivity contribution in [3.63, 3.8) is 0 Å². The highest BCUT2D eigenvalue weighted by Gasteiger charge is 2.44. The summed E-state index contributed by atoms with van der Waals surface area (Å²) in [6, 6.07) is 17.5. The summed E-state index contributed by atoms with van der Waals surface area (Å²) in [4.78, 5) is 11.8. The van der Waals surface area contributed by atoms with Gasteiger partial charge in [0.15, 0.2) is 0 Å². The van der Waals surface area contributed by atoms with E-state index in [0.717, 1.165) is 30.3 Å². The third-order valence-electron chi connectivity index (χ3n) is 5.94. The van der Waals surface area contributed by atoms with Crippen molar-refractivity contribution in [3.8, 4) is 11.3 Å². The number of aromatic nitrogens is 2. The lowest BCUT2D eigenvalue weighted by molar-refractivity contribution is 0.381. The SMILES string of the molecule is NC[C@H]1C[C@H]2C[C@H]1CN2c1nccc(-c2ccc3ccccc3c2)n1. The van der Waals surface area contributed by atoms with E-state index in [9.17, 15) is 0 Å². The molecule has 2 aromatic carbocycles. The van der Waals surface area contributed by atoms with Crippen LogP contribution in [0.25, 0.3) is 22.0 Å². The number of anilines is 1. The van der Waals surface area contributed by atoms with Crippen LogP contribution in [0.5, 0.6) is 0 Å². The highest BCUT2D eigenvalue weighted by molar-refractivity contribution is 5.86. The first-order valence-corrected chi connectivity index (χ1v) is 9.11. The van der Waals surface area contributed by atoms with E-state index in [-0.39, 0.29) is 0 Å². The highest BCUT2D eigenvalue weighted by atomic mass is 15.3. The Morgan fingerprint density at radius 3 is 2.72 bits per heavy atom. The van der Waals surface area contributed by atoms with E-state index in [1.54, 1.807) is 0 Å². The first-order valence-electron chi connectivity index (χ1n) is 9.11. The fourth-order valence-electron chi connectivity index (χ4n) is 4.59. The van der Waals surface area contributed by atoms with E-state index in [0.29, 0.717) is 17.9 Å². The minimum Gasteiger partial charge on any atom is -0.338 e. The number of nitrogens with two attached hydrogens (primary N) is 1. The molecule has 5 rings (SSSR count). The fraction of sp³-hybridized carbons (Fsp3) is 0.333. The molecule has 0 amide bonds. The van der Waals surface area contributed by atoms with E-state index in [1.807, 2.05) is 12.3 Å². The van der Waals surface area contributed by atoms with Gasteiger partial charge in [0.25, 0.3) is 0 Å². The molecule has 4 nitrogen and oxygen atoms in total. The minimum atomic E-state index is 0.561. The van der Waals surface area contributed by atoms with Crippen molar-refractivity contribution in [1.82, 2.24) is 9.97 Å². The summed E-state index contributed by atoms with van der Waals surface area (Å²) < 4.78 is 0. The number of nitrogens with zero attached hydrogens (tertiary/aromatic N) is 3. The van der Waals surface area contributed by atoms with Crippen molar-refractivity contribution in [2.24, 2.45) is 17.6 Å². The first-order chi connectivity index (χ1) is 12.3. The van der Waals surface area contributed by atoms with Crippen LogP contribution < -0.4 is 10.6 Å². The molecule has 1 saturated heterocycles. The third kappa shape index (κ3) is 2.48. The number of fused-ring (bicyclic) bond motifs is 3.